The molecule has 0 aliphatic carbocycles. The molecule has 0 amide bonds. The first kappa shape index (κ1) is 12.2. The lowest BCUT2D eigenvalue weighted by molar-refractivity contribution is 0.0696. The molecule has 5 heteroatoms. The third-order valence-electron chi connectivity index (χ3n) is 2.63. The van der Waals surface area contributed by atoms with Crippen molar-refractivity contribution >= 4 is 11.8 Å². The van der Waals surface area contributed by atoms with E-state index in [1.165, 1.54) is 6.20 Å². The number of carboxylic acid groups (broad SMARTS) is 1. The van der Waals surface area contributed by atoms with Gasteiger partial charge in [-0.25, -0.2) is 9.78 Å². The van der Waals surface area contributed by atoms with Crippen molar-refractivity contribution in [1.29, 1.82) is 0 Å². The number of aryl methyl sites for hydroxylation is 1. The molecule has 2 heterocycles. The predicted molar refractivity (Wildman–Crippen MR) is 66.7 cm³/mol. The molecule has 1 N–H and O–H groups in total. The summed E-state index contributed by atoms with van der Waals surface area (Å²) in [5.41, 5.74) is 1.02. The molecule has 94 valence electrons. The minimum Gasteiger partial charge on any atom is -0.478 e. The van der Waals surface area contributed by atoms with Gasteiger partial charge in [0.05, 0.1) is 18.4 Å². The van der Waals surface area contributed by atoms with E-state index < -0.39 is 5.97 Å². The van der Waals surface area contributed by atoms with Crippen LogP contribution in [0.5, 0.6) is 0 Å². The van der Waals surface area contributed by atoms with Gasteiger partial charge in [0.15, 0.2) is 0 Å². The minimum absolute atomic E-state index is 0.197. The van der Waals surface area contributed by atoms with Crippen molar-refractivity contribution in [3.05, 3.63) is 47.5 Å². The van der Waals surface area contributed by atoms with Gasteiger partial charge in [-0.3, -0.25) is 0 Å². The lowest BCUT2D eigenvalue weighted by Gasteiger charge is -2.19. The van der Waals surface area contributed by atoms with Gasteiger partial charge in [0, 0.05) is 13.2 Å². The number of furan rings is 1. The molecular formula is C13H14N2O3. The van der Waals surface area contributed by atoms with Gasteiger partial charge in [-0.2, -0.15) is 0 Å². The molecule has 0 bridgehead atoms. The van der Waals surface area contributed by atoms with E-state index >= 15 is 0 Å². The SMILES string of the molecule is Cc1cc(C(=O)O)cnc1N(C)Cc1ccco1. The van der Waals surface area contributed by atoms with Crippen molar-refractivity contribution in [2.45, 2.75) is 13.5 Å². The van der Waals surface area contributed by atoms with E-state index in [1.54, 1.807) is 12.3 Å². The van der Waals surface area contributed by atoms with E-state index in [4.69, 9.17) is 9.52 Å². The number of carboxylic acids is 1. The van der Waals surface area contributed by atoms with E-state index in [2.05, 4.69) is 4.98 Å². The molecule has 0 radical (unpaired) electrons. The Morgan fingerprint density at radius 3 is 2.89 bits per heavy atom. The molecule has 0 aliphatic rings. The van der Waals surface area contributed by atoms with E-state index in [1.807, 2.05) is 31.0 Å². The molecule has 0 unspecified atom stereocenters. The van der Waals surface area contributed by atoms with Crippen LogP contribution < -0.4 is 4.90 Å². The number of hydrogen-bond acceptors (Lipinski definition) is 4. The Morgan fingerprint density at radius 2 is 2.33 bits per heavy atom. The number of hydrogen-bond donors (Lipinski definition) is 1. The summed E-state index contributed by atoms with van der Waals surface area (Å²) < 4.78 is 5.26. The van der Waals surface area contributed by atoms with Crippen LogP contribution in [0.1, 0.15) is 21.7 Å². The number of nitrogens with zero attached hydrogens (tertiary/aromatic N) is 2. The third kappa shape index (κ3) is 2.51. The predicted octanol–water partition coefficient (Wildman–Crippen LogP) is 2.32. The molecule has 5 nitrogen and oxygen atoms in total. The fourth-order valence-corrected chi connectivity index (χ4v) is 1.80. The van der Waals surface area contributed by atoms with Crippen LogP contribution in [-0.4, -0.2) is 23.1 Å². The number of pyridine rings is 1. The van der Waals surface area contributed by atoms with Crippen LogP contribution in [0, 0.1) is 6.92 Å². The molecule has 2 rings (SSSR count). The number of anilines is 1. The fraction of sp³-hybridized carbons (Fsp3) is 0.231. The smallest absolute Gasteiger partial charge is 0.337 e. The van der Waals surface area contributed by atoms with Crippen LogP contribution in [-0.2, 0) is 6.54 Å². The van der Waals surface area contributed by atoms with Gasteiger partial charge in [-0.15, -0.1) is 0 Å². The highest BCUT2D eigenvalue weighted by molar-refractivity contribution is 5.87. The first-order chi connectivity index (χ1) is 8.58. The van der Waals surface area contributed by atoms with Gasteiger partial charge in [0.1, 0.15) is 11.6 Å². The summed E-state index contributed by atoms with van der Waals surface area (Å²) in [5, 5.41) is 8.88. The normalized spacial score (nSPS) is 10.3. The summed E-state index contributed by atoms with van der Waals surface area (Å²) in [4.78, 5) is 16.9. The largest absolute Gasteiger partial charge is 0.478 e. The van der Waals surface area contributed by atoms with Crippen molar-refractivity contribution in [3.63, 3.8) is 0 Å². The average molecular weight is 246 g/mol. The number of carbonyl (C=O) groups is 1. The van der Waals surface area contributed by atoms with Crippen molar-refractivity contribution < 1.29 is 14.3 Å². The molecule has 0 saturated heterocycles. The Labute approximate surface area is 105 Å². The quantitative estimate of drug-likeness (QED) is 0.896. The molecule has 18 heavy (non-hydrogen) atoms. The van der Waals surface area contributed by atoms with Crippen molar-refractivity contribution in [2.24, 2.45) is 0 Å². The van der Waals surface area contributed by atoms with Crippen LogP contribution in [0.4, 0.5) is 5.82 Å². The first-order valence-corrected chi connectivity index (χ1v) is 5.51. The monoisotopic (exact) mass is 246 g/mol. The fourth-order valence-electron chi connectivity index (χ4n) is 1.80. The highest BCUT2D eigenvalue weighted by Crippen LogP contribution is 2.18. The van der Waals surface area contributed by atoms with Crippen LogP contribution in [0.15, 0.2) is 35.1 Å². The van der Waals surface area contributed by atoms with Crippen molar-refractivity contribution in [1.82, 2.24) is 4.98 Å². The third-order valence-corrected chi connectivity index (χ3v) is 2.63. The van der Waals surface area contributed by atoms with Crippen LogP contribution in [0.2, 0.25) is 0 Å². The average Bonchev–Trinajstić information content (AvgIpc) is 2.81. The maximum absolute atomic E-state index is 10.8. The maximum Gasteiger partial charge on any atom is 0.337 e. The molecule has 2 aromatic heterocycles. The zero-order chi connectivity index (χ0) is 13.1. The summed E-state index contributed by atoms with van der Waals surface area (Å²) in [6.07, 6.45) is 2.99. The summed E-state index contributed by atoms with van der Waals surface area (Å²) >= 11 is 0. The van der Waals surface area contributed by atoms with Gasteiger partial charge >= 0.3 is 5.97 Å². The minimum atomic E-state index is -0.967. The Hall–Kier alpha value is -2.30. The number of aromatic carboxylic acids is 1. The van der Waals surface area contributed by atoms with Gasteiger partial charge < -0.3 is 14.4 Å². The lowest BCUT2D eigenvalue weighted by Crippen LogP contribution is -2.18. The van der Waals surface area contributed by atoms with Crippen LogP contribution >= 0.6 is 0 Å². The Balaban J connectivity index is 2.20. The maximum atomic E-state index is 10.8. The molecule has 0 aliphatic heterocycles. The topological polar surface area (TPSA) is 66.6 Å². The Morgan fingerprint density at radius 1 is 1.56 bits per heavy atom. The van der Waals surface area contributed by atoms with Gasteiger partial charge in [-0.1, -0.05) is 0 Å². The Kier molecular flexibility index (Phi) is 3.32. The van der Waals surface area contributed by atoms with E-state index in [9.17, 15) is 4.79 Å². The first-order valence-electron chi connectivity index (χ1n) is 5.51. The van der Waals surface area contributed by atoms with Gasteiger partial charge in [0.25, 0.3) is 0 Å². The highest BCUT2D eigenvalue weighted by atomic mass is 16.4. The summed E-state index contributed by atoms with van der Waals surface area (Å²) in [6.45, 7) is 2.43. The van der Waals surface area contributed by atoms with Gasteiger partial charge in [-0.05, 0) is 30.7 Å². The van der Waals surface area contributed by atoms with E-state index in [0.717, 1.165) is 17.1 Å². The molecule has 0 saturated carbocycles. The Bertz CT molecular complexity index is 549. The number of rotatable bonds is 4. The number of aromatic nitrogens is 1. The standard InChI is InChI=1S/C13H14N2O3/c1-9-6-10(13(16)17)7-14-12(9)15(2)8-11-4-3-5-18-11/h3-7H,8H2,1-2H3,(H,16,17). The molecule has 2 aromatic rings. The van der Waals surface area contributed by atoms with Crippen LogP contribution in [0.3, 0.4) is 0 Å². The molecule has 0 atom stereocenters. The second-order valence-corrected chi connectivity index (χ2v) is 4.11. The molecule has 0 aromatic carbocycles. The summed E-state index contributed by atoms with van der Waals surface area (Å²) in [7, 11) is 1.89. The van der Waals surface area contributed by atoms with Gasteiger partial charge in [0.2, 0.25) is 0 Å². The van der Waals surface area contributed by atoms with E-state index in [0.29, 0.717) is 6.54 Å². The molecule has 0 fully saturated rings. The zero-order valence-electron chi connectivity index (χ0n) is 10.3. The molecular weight excluding hydrogens is 232 g/mol. The van der Waals surface area contributed by atoms with E-state index in [-0.39, 0.29) is 5.56 Å². The zero-order valence-corrected chi connectivity index (χ0v) is 10.3. The molecule has 0 spiro atoms. The van der Waals surface area contributed by atoms with Crippen molar-refractivity contribution in [3.8, 4) is 0 Å². The van der Waals surface area contributed by atoms with Crippen molar-refractivity contribution in [2.75, 3.05) is 11.9 Å². The highest BCUT2D eigenvalue weighted by Gasteiger charge is 2.11. The summed E-state index contributed by atoms with van der Waals surface area (Å²) in [6, 6.07) is 5.33. The second kappa shape index (κ2) is 4.91. The second-order valence-electron chi connectivity index (χ2n) is 4.11. The lowest BCUT2D eigenvalue weighted by atomic mass is 10.2. The summed E-state index contributed by atoms with van der Waals surface area (Å²) in [5.74, 6) is 0.614. The van der Waals surface area contributed by atoms with Crippen LogP contribution in [0.25, 0.3) is 0 Å².